The zero-order valence-electron chi connectivity index (χ0n) is 18.4. The Morgan fingerprint density at radius 2 is 1.37 bits per heavy atom. The van der Waals surface area contributed by atoms with E-state index < -0.39 is 0 Å². The molecule has 27 heavy (non-hydrogen) atoms. The number of rotatable bonds is 7. The van der Waals surface area contributed by atoms with Gasteiger partial charge in [-0.3, -0.25) is 0 Å². The van der Waals surface area contributed by atoms with Crippen molar-refractivity contribution < 1.29 is 0 Å². The molecule has 3 fully saturated rings. The van der Waals surface area contributed by atoms with Crippen LogP contribution in [0.15, 0.2) is 0 Å². The fraction of sp³-hybridized carbons (Fsp3) is 0.962. The smallest absolute Gasteiger partial charge is 0.0689 e. The molecule has 0 amide bonds. The molecule has 2 unspecified atom stereocenters. The molecule has 0 heterocycles. The summed E-state index contributed by atoms with van der Waals surface area (Å²) in [6, 6.07) is 2.80. The lowest BCUT2D eigenvalue weighted by Crippen LogP contribution is -2.34. The lowest BCUT2D eigenvalue weighted by molar-refractivity contribution is 0.0816. The Hall–Kier alpha value is -0.510. The van der Waals surface area contributed by atoms with Crippen molar-refractivity contribution in [3.8, 4) is 6.07 Å². The van der Waals surface area contributed by atoms with Gasteiger partial charge >= 0.3 is 0 Å². The average Bonchev–Trinajstić information content (AvgIpc) is 2.73. The molecule has 0 N–H and O–H groups in total. The van der Waals surface area contributed by atoms with Crippen LogP contribution in [0, 0.1) is 46.3 Å². The second kappa shape index (κ2) is 10.3. The van der Waals surface area contributed by atoms with E-state index in [9.17, 15) is 5.26 Å². The van der Waals surface area contributed by atoms with E-state index in [0.29, 0.717) is 0 Å². The number of hydrogen-bond donors (Lipinski definition) is 0. The lowest BCUT2D eigenvalue weighted by Gasteiger charge is -2.43. The molecule has 3 aliphatic carbocycles. The molecule has 0 aromatic rings. The van der Waals surface area contributed by atoms with Crippen molar-refractivity contribution in [3.05, 3.63) is 0 Å². The summed E-state index contributed by atoms with van der Waals surface area (Å²) < 4.78 is 0. The number of hydrogen-bond acceptors (Lipinski definition) is 1. The largest absolute Gasteiger partial charge is 0.198 e. The molecule has 0 saturated heterocycles. The Bertz CT molecular complexity index is 461. The van der Waals surface area contributed by atoms with Crippen LogP contribution >= 0.6 is 0 Å². The second-order valence-electron chi connectivity index (χ2n) is 10.6. The Morgan fingerprint density at radius 1 is 0.778 bits per heavy atom. The molecule has 0 aliphatic heterocycles. The van der Waals surface area contributed by atoms with Gasteiger partial charge in [-0.1, -0.05) is 65.2 Å². The summed E-state index contributed by atoms with van der Waals surface area (Å²) in [6.45, 7) is 4.62. The average molecular weight is 372 g/mol. The molecule has 1 heteroatoms. The highest BCUT2D eigenvalue weighted by molar-refractivity contribution is 5.03. The molecule has 1 nitrogen and oxygen atoms in total. The van der Waals surface area contributed by atoms with Crippen LogP contribution < -0.4 is 0 Å². The third-order valence-electron chi connectivity index (χ3n) is 8.87. The molecular weight excluding hydrogens is 326 g/mol. The molecule has 3 saturated carbocycles. The van der Waals surface area contributed by atoms with Crippen LogP contribution in [0.1, 0.15) is 123 Å². The van der Waals surface area contributed by atoms with Gasteiger partial charge in [0.2, 0.25) is 0 Å². The number of nitriles is 1. The van der Waals surface area contributed by atoms with Gasteiger partial charge in [0.1, 0.15) is 0 Å². The van der Waals surface area contributed by atoms with Crippen molar-refractivity contribution in [2.75, 3.05) is 0 Å². The van der Waals surface area contributed by atoms with Crippen LogP contribution in [0.3, 0.4) is 0 Å². The fourth-order valence-electron chi connectivity index (χ4n) is 7.16. The van der Waals surface area contributed by atoms with Crippen LogP contribution in [0.25, 0.3) is 0 Å². The van der Waals surface area contributed by atoms with Gasteiger partial charge in [-0.25, -0.2) is 0 Å². The maximum absolute atomic E-state index is 9.91. The molecule has 0 aromatic carbocycles. The summed E-state index contributed by atoms with van der Waals surface area (Å²) in [6.07, 6.45) is 23.6. The third kappa shape index (κ3) is 5.52. The first-order valence-corrected chi connectivity index (χ1v) is 12.6. The van der Waals surface area contributed by atoms with E-state index in [1.54, 1.807) is 0 Å². The van der Waals surface area contributed by atoms with E-state index in [-0.39, 0.29) is 5.41 Å². The molecule has 0 radical (unpaired) electrons. The Morgan fingerprint density at radius 3 is 1.93 bits per heavy atom. The van der Waals surface area contributed by atoms with E-state index in [0.717, 1.165) is 36.0 Å². The highest BCUT2D eigenvalue weighted by Crippen LogP contribution is 2.50. The predicted octanol–water partition coefficient (Wildman–Crippen LogP) is 8.29. The highest BCUT2D eigenvalue weighted by atomic mass is 14.5. The second-order valence-corrected chi connectivity index (χ2v) is 10.6. The number of nitrogens with zero attached hydrogens (tertiary/aromatic N) is 1. The van der Waals surface area contributed by atoms with Crippen LogP contribution in [0.2, 0.25) is 0 Å². The van der Waals surface area contributed by atoms with Crippen molar-refractivity contribution in [2.45, 2.75) is 123 Å². The van der Waals surface area contributed by atoms with Gasteiger partial charge in [-0.05, 0) is 87.4 Å². The molecule has 0 aromatic heterocycles. The summed E-state index contributed by atoms with van der Waals surface area (Å²) in [5.74, 6) is 4.93. The quantitative estimate of drug-likeness (QED) is 0.441. The monoisotopic (exact) mass is 371 g/mol. The summed E-state index contributed by atoms with van der Waals surface area (Å²) in [4.78, 5) is 0. The molecule has 0 spiro atoms. The van der Waals surface area contributed by atoms with E-state index >= 15 is 0 Å². The van der Waals surface area contributed by atoms with E-state index in [4.69, 9.17) is 0 Å². The van der Waals surface area contributed by atoms with Crippen LogP contribution in [0.5, 0.6) is 0 Å². The van der Waals surface area contributed by atoms with Gasteiger partial charge in [0.25, 0.3) is 0 Å². The van der Waals surface area contributed by atoms with Gasteiger partial charge in [0, 0.05) is 0 Å². The SMILES string of the molecule is CCCCC1(C#N)CCCC(C2CCC(C3CCC(CCC)CC3)CC2)C1. The molecular formula is C26H45N. The molecule has 3 rings (SSSR count). The first-order valence-electron chi connectivity index (χ1n) is 12.6. The van der Waals surface area contributed by atoms with Gasteiger partial charge in [-0.2, -0.15) is 5.26 Å². The molecule has 2 atom stereocenters. The van der Waals surface area contributed by atoms with Crippen LogP contribution in [0.4, 0.5) is 0 Å². The highest BCUT2D eigenvalue weighted by Gasteiger charge is 2.40. The van der Waals surface area contributed by atoms with E-state index in [2.05, 4.69) is 19.9 Å². The third-order valence-corrected chi connectivity index (χ3v) is 8.87. The van der Waals surface area contributed by atoms with Crippen molar-refractivity contribution in [1.82, 2.24) is 0 Å². The minimum absolute atomic E-state index is 0.0352. The van der Waals surface area contributed by atoms with Crippen LogP contribution in [-0.2, 0) is 0 Å². The van der Waals surface area contributed by atoms with Crippen LogP contribution in [-0.4, -0.2) is 0 Å². The van der Waals surface area contributed by atoms with Gasteiger partial charge in [-0.15, -0.1) is 0 Å². The fourth-order valence-corrected chi connectivity index (χ4v) is 7.16. The Labute approximate surface area is 169 Å². The lowest BCUT2D eigenvalue weighted by atomic mass is 9.61. The predicted molar refractivity (Wildman–Crippen MR) is 115 cm³/mol. The van der Waals surface area contributed by atoms with Crippen molar-refractivity contribution in [1.29, 1.82) is 5.26 Å². The van der Waals surface area contributed by atoms with Gasteiger partial charge < -0.3 is 0 Å². The normalized spacial score (nSPS) is 40.4. The number of unbranched alkanes of at least 4 members (excludes halogenated alkanes) is 1. The van der Waals surface area contributed by atoms with Gasteiger partial charge in [0.05, 0.1) is 11.5 Å². The molecule has 0 bridgehead atoms. The summed E-state index contributed by atoms with van der Waals surface area (Å²) in [5, 5.41) is 9.91. The zero-order valence-corrected chi connectivity index (χ0v) is 18.4. The minimum atomic E-state index is 0.0352. The Kier molecular flexibility index (Phi) is 8.10. The van der Waals surface area contributed by atoms with E-state index in [1.807, 2.05) is 0 Å². The van der Waals surface area contributed by atoms with E-state index in [1.165, 1.54) is 103 Å². The van der Waals surface area contributed by atoms with Crippen molar-refractivity contribution in [2.24, 2.45) is 35.0 Å². The topological polar surface area (TPSA) is 23.8 Å². The van der Waals surface area contributed by atoms with Crippen molar-refractivity contribution >= 4 is 0 Å². The maximum atomic E-state index is 9.91. The summed E-state index contributed by atoms with van der Waals surface area (Å²) in [5.41, 5.74) is 0.0352. The summed E-state index contributed by atoms with van der Waals surface area (Å²) in [7, 11) is 0. The maximum Gasteiger partial charge on any atom is 0.0689 e. The zero-order chi connectivity index (χ0) is 19.1. The summed E-state index contributed by atoms with van der Waals surface area (Å²) >= 11 is 0. The first-order chi connectivity index (χ1) is 13.2. The standard InChI is InChI=1S/C26H45N/c1-3-5-17-26(20-27)18-6-8-25(19-26)24-15-13-23(14-16-24)22-11-9-21(7-4-2)10-12-22/h21-25H,3-19H2,1-2H3. The van der Waals surface area contributed by atoms with Gasteiger partial charge in [0.15, 0.2) is 0 Å². The first kappa shape index (κ1) is 21.2. The Balaban J connectivity index is 1.45. The van der Waals surface area contributed by atoms with Crippen molar-refractivity contribution in [3.63, 3.8) is 0 Å². The minimum Gasteiger partial charge on any atom is -0.198 e. The molecule has 154 valence electrons. The molecule has 3 aliphatic rings.